The van der Waals surface area contributed by atoms with Crippen molar-refractivity contribution < 1.29 is 14.3 Å². The fourth-order valence-corrected chi connectivity index (χ4v) is 2.20. The summed E-state index contributed by atoms with van der Waals surface area (Å²) < 4.78 is 10.2. The van der Waals surface area contributed by atoms with Crippen LogP contribution >= 0.6 is 0 Å². The van der Waals surface area contributed by atoms with Gasteiger partial charge in [0.25, 0.3) is 18.1 Å². The van der Waals surface area contributed by atoms with Crippen molar-refractivity contribution in [3.8, 4) is 0 Å². The second kappa shape index (κ2) is 4.88. The lowest BCUT2D eigenvalue weighted by atomic mass is 9.87. The molecule has 2 aliphatic heterocycles. The summed E-state index contributed by atoms with van der Waals surface area (Å²) in [5.74, 6) is 0.772. The fraction of sp³-hybridized carbons (Fsp3) is 0.846. The molecule has 0 aromatic rings. The molecule has 0 saturated carbocycles. The number of carbonyl (C=O) groups excluding carboxylic acids is 1. The van der Waals surface area contributed by atoms with Gasteiger partial charge in [-0.3, -0.25) is 4.79 Å². The highest BCUT2D eigenvalue weighted by Gasteiger charge is 2.45. The van der Waals surface area contributed by atoms with Crippen molar-refractivity contribution in [3.63, 3.8) is 0 Å². The topological polar surface area (TPSA) is 54.4 Å². The number of methoxy groups -OCH3 is 1. The van der Waals surface area contributed by atoms with Gasteiger partial charge in [-0.15, -0.1) is 0 Å². The Hall–Kier alpha value is -1.10. The molecule has 1 amide bonds. The number of likely N-dealkylation sites (tertiary alicyclic amines) is 1. The Morgan fingerprint density at radius 2 is 2.11 bits per heavy atom. The van der Waals surface area contributed by atoms with Crippen molar-refractivity contribution in [1.82, 2.24) is 4.90 Å². The molecular formula is C13H22N2O3. The summed E-state index contributed by atoms with van der Waals surface area (Å²) in [4.78, 5) is 19.0. The molecule has 0 aromatic carbocycles. The maximum absolute atomic E-state index is 12.6. The van der Waals surface area contributed by atoms with E-state index in [1.165, 1.54) is 0 Å². The van der Waals surface area contributed by atoms with Crippen LogP contribution in [0.15, 0.2) is 4.99 Å². The zero-order chi connectivity index (χ0) is 13.3. The predicted octanol–water partition coefficient (Wildman–Crippen LogP) is 1.42. The summed E-state index contributed by atoms with van der Waals surface area (Å²) in [5.41, 5.74) is -0.743. The minimum atomic E-state index is -0.743. The van der Waals surface area contributed by atoms with Crippen LogP contribution in [0.3, 0.4) is 0 Å². The lowest BCUT2D eigenvalue weighted by Gasteiger charge is -2.31. The summed E-state index contributed by atoms with van der Waals surface area (Å²) in [6.07, 6.45) is 1.83. The van der Waals surface area contributed by atoms with Gasteiger partial charge in [-0.05, 0) is 25.7 Å². The van der Waals surface area contributed by atoms with E-state index in [-0.39, 0.29) is 18.1 Å². The molecule has 0 spiro atoms. The summed E-state index contributed by atoms with van der Waals surface area (Å²) in [7, 11) is 1.57. The second-order valence-electron chi connectivity index (χ2n) is 5.44. The van der Waals surface area contributed by atoms with Gasteiger partial charge in [-0.25, -0.2) is 4.99 Å². The number of nitrogens with zero attached hydrogens (tertiary/aromatic N) is 2. The van der Waals surface area contributed by atoms with Gasteiger partial charge in [0.1, 0.15) is 5.54 Å². The van der Waals surface area contributed by atoms with Crippen LogP contribution in [0.1, 0.15) is 33.6 Å². The Balaban J connectivity index is 2.16. The standard InChI is InChI=1S/C13H22N2O3/c1-9(2)13(3,14-10-11(17-4)18-10)12(16)15-7-5-6-8-15/h9,11H,5-8H2,1-4H3. The maximum Gasteiger partial charge on any atom is 0.278 e. The van der Waals surface area contributed by atoms with Gasteiger partial charge >= 0.3 is 0 Å². The number of rotatable bonds is 4. The SMILES string of the molecule is COC1OC1=NC(C)(C(=O)N1CCCC1)C(C)C. The van der Waals surface area contributed by atoms with Crippen molar-refractivity contribution in [3.05, 3.63) is 0 Å². The number of epoxide rings is 1. The van der Waals surface area contributed by atoms with Crippen LogP contribution in [0.5, 0.6) is 0 Å². The Labute approximate surface area is 108 Å². The Bertz CT molecular complexity index is 361. The van der Waals surface area contributed by atoms with Crippen LogP contribution in [0, 0.1) is 5.92 Å². The highest BCUT2D eigenvalue weighted by molar-refractivity contribution is 5.96. The first-order chi connectivity index (χ1) is 8.49. The number of ether oxygens (including phenoxy) is 2. The molecule has 5 heteroatoms. The average molecular weight is 254 g/mol. The molecule has 0 bridgehead atoms. The number of aliphatic imine (C=N–C) groups is 1. The summed E-state index contributed by atoms with van der Waals surface area (Å²) >= 11 is 0. The number of carbonyl (C=O) groups is 1. The third-order valence-corrected chi connectivity index (χ3v) is 3.88. The third kappa shape index (κ3) is 2.36. The first-order valence-electron chi connectivity index (χ1n) is 6.57. The Morgan fingerprint density at radius 3 is 2.56 bits per heavy atom. The molecule has 2 saturated heterocycles. The van der Waals surface area contributed by atoms with Crippen molar-refractivity contribution in [2.75, 3.05) is 20.2 Å². The maximum atomic E-state index is 12.6. The van der Waals surface area contributed by atoms with Gasteiger partial charge in [0.2, 0.25) is 0 Å². The molecule has 2 heterocycles. The number of amides is 1. The zero-order valence-corrected chi connectivity index (χ0v) is 11.6. The fourth-order valence-electron chi connectivity index (χ4n) is 2.20. The van der Waals surface area contributed by atoms with E-state index < -0.39 is 5.54 Å². The normalized spacial score (nSPS) is 28.4. The average Bonchev–Trinajstić information content (AvgIpc) is 2.87. The van der Waals surface area contributed by atoms with Crippen LogP contribution in [-0.4, -0.2) is 48.7 Å². The third-order valence-electron chi connectivity index (χ3n) is 3.88. The van der Waals surface area contributed by atoms with Crippen LogP contribution in [0.2, 0.25) is 0 Å². The van der Waals surface area contributed by atoms with Crippen LogP contribution < -0.4 is 0 Å². The summed E-state index contributed by atoms with van der Waals surface area (Å²) in [5, 5.41) is 0. The lowest BCUT2D eigenvalue weighted by Crippen LogP contribution is -2.48. The van der Waals surface area contributed by atoms with Crippen molar-refractivity contribution >= 4 is 11.8 Å². The monoisotopic (exact) mass is 254 g/mol. The van der Waals surface area contributed by atoms with Crippen molar-refractivity contribution in [2.45, 2.75) is 45.4 Å². The Kier molecular flexibility index (Phi) is 3.61. The molecular weight excluding hydrogens is 232 g/mol. The molecule has 2 unspecified atom stereocenters. The number of hydrogen-bond donors (Lipinski definition) is 0. The molecule has 0 N–H and O–H groups in total. The van der Waals surface area contributed by atoms with E-state index in [9.17, 15) is 4.79 Å². The largest absolute Gasteiger partial charge is 0.437 e. The number of hydrogen-bond acceptors (Lipinski definition) is 4. The lowest BCUT2D eigenvalue weighted by molar-refractivity contribution is -0.136. The van der Waals surface area contributed by atoms with Gasteiger partial charge < -0.3 is 14.4 Å². The zero-order valence-electron chi connectivity index (χ0n) is 11.6. The summed E-state index contributed by atoms with van der Waals surface area (Å²) in [6.45, 7) is 7.62. The van der Waals surface area contributed by atoms with Gasteiger partial charge in [0.15, 0.2) is 0 Å². The highest BCUT2D eigenvalue weighted by atomic mass is 16.8. The van der Waals surface area contributed by atoms with Gasteiger partial charge in [-0.1, -0.05) is 13.8 Å². The van der Waals surface area contributed by atoms with Crippen LogP contribution in [0.25, 0.3) is 0 Å². The second-order valence-corrected chi connectivity index (χ2v) is 5.44. The van der Waals surface area contributed by atoms with Crippen molar-refractivity contribution in [2.24, 2.45) is 10.9 Å². The molecule has 5 nitrogen and oxygen atoms in total. The first-order valence-corrected chi connectivity index (χ1v) is 6.57. The van der Waals surface area contributed by atoms with Crippen LogP contribution in [-0.2, 0) is 14.3 Å². The molecule has 0 aliphatic carbocycles. The predicted molar refractivity (Wildman–Crippen MR) is 68.4 cm³/mol. The van der Waals surface area contributed by atoms with E-state index in [0.29, 0.717) is 5.90 Å². The molecule has 18 heavy (non-hydrogen) atoms. The highest BCUT2D eigenvalue weighted by Crippen LogP contribution is 2.30. The van der Waals surface area contributed by atoms with Gasteiger partial charge in [-0.2, -0.15) is 0 Å². The quantitative estimate of drug-likeness (QED) is 0.713. The molecule has 2 fully saturated rings. The smallest absolute Gasteiger partial charge is 0.278 e. The minimum Gasteiger partial charge on any atom is -0.437 e. The molecule has 102 valence electrons. The summed E-state index contributed by atoms with van der Waals surface area (Å²) in [6, 6.07) is 0. The molecule has 0 aromatic heterocycles. The molecule has 2 aliphatic rings. The van der Waals surface area contributed by atoms with E-state index in [0.717, 1.165) is 25.9 Å². The first kappa shape index (κ1) is 13.3. The van der Waals surface area contributed by atoms with Crippen molar-refractivity contribution in [1.29, 1.82) is 0 Å². The van der Waals surface area contributed by atoms with E-state index in [1.807, 2.05) is 25.7 Å². The van der Waals surface area contributed by atoms with Gasteiger partial charge in [0.05, 0.1) is 0 Å². The van der Waals surface area contributed by atoms with Crippen LogP contribution in [0.4, 0.5) is 0 Å². The van der Waals surface area contributed by atoms with E-state index in [1.54, 1.807) is 7.11 Å². The van der Waals surface area contributed by atoms with Gasteiger partial charge in [0, 0.05) is 20.2 Å². The van der Waals surface area contributed by atoms with E-state index in [4.69, 9.17) is 9.47 Å². The molecule has 2 atom stereocenters. The van der Waals surface area contributed by atoms with E-state index in [2.05, 4.69) is 4.99 Å². The molecule has 0 radical (unpaired) electrons. The minimum absolute atomic E-state index is 0.104. The van der Waals surface area contributed by atoms with E-state index >= 15 is 0 Å². The Morgan fingerprint density at radius 1 is 1.50 bits per heavy atom. The molecule has 2 rings (SSSR count).